The second-order valence-electron chi connectivity index (χ2n) is 7.42. The first-order valence-electron chi connectivity index (χ1n) is 9.52. The Morgan fingerprint density at radius 2 is 1.93 bits per heavy atom. The zero-order valence-corrected chi connectivity index (χ0v) is 17.2. The number of amides is 1. The van der Waals surface area contributed by atoms with E-state index < -0.39 is 10.0 Å². The minimum Gasteiger partial charge on any atom is -0.355 e. The lowest BCUT2D eigenvalue weighted by molar-refractivity contribution is -0.124. The van der Waals surface area contributed by atoms with Gasteiger partial charge in [0.25, 0.3) is 0 Å². The van der Waals surface area contributed by atoms with Crippen LogP contribution in [0.3, 0.4) is 0 Å². The highest BCUT2D eigenvalue weighted by Crippen LogP contribution is 2.40. The van der Waals surface area contributed by atoms with Crippen LogP contribution in [-0.4, -0.2) is 75.7 Å². The maximum absolute atomic E-state index is 12.5. The standard InChI is InChI=1S/C16H28N6O3S2/c23-15(17-6-11-27(24,25)22-7-9-26-10-8-22)12-16(4-2-1-3-5-16)13-21-14-18-19-20-21/h14H,1-13H2,(H,17,23). The van der Waals surface area contributed by atoms with Crippen LogP contribution in [0.4, 0.5) is 0 Å². The second-order valence-corrected chi connectivity index (χ2v) is 10.7. The number of rotatable bonds is 8. The molecule has 0 spiro atoms. The lowest BCUT2D eigenvalue weighted by Gasteiger charge is -2.36. The predicted molar refractivity (Wildman–Crippen MR) is 104 cm³/mol. The molecule has 11 heteroatoms. The van der Waals surface area contributed by atoms with E-state index in [9.17, 15) is 13.2 Å². The molecule has 0 bridgehead atoms. The monoisotopic (exact) mass is 416 g/mol. The van der Waals surface area contributed by atoms with Gasteiger partial charge in [0.05, 0.1) is 12.3 Å². The largest absolute Gasteiger partial charge is 0.355 e. The highest BCUT2D eigenvalue weighted by Gasteiger charge is 2.35. The Kier molecular flexibility index (Phi) is 7.10. The zero-order valence-electron chi connectivity index (χ0n) is 15.5. The molecule has 1 aliphatic heterocycles. The third kappa shape index (κ3) is 5.89. The Labute approximate surface area is 164 Å². The minimum absolute atomic E-state index is 0.0383. The average Bonchev–Trinajstić information content (AvgIpc) is 3.15. The van der Waals surface area contributed by atoms with Crippen LogP contribution in [0.5, 0.6) is 0 Å². The first-order chi connectivity index (χ1) is 13.0. The van der Waals surface area contributed by atoms with E-state index in [4.69, 9.17) is 0 Å². The summed E-state index contributed by atoms with van der Waals surface area (Å²) in [6, 6.07) is 0. The van der Waals surface area contributed by atoms with Crippen LogP contribution < -0.4 is 5.32 Å². The molecule has 152 valence electrons. The van der Waals surface area contributed by atoms with Gasteiger partial charge in [-0.15, -0.1) is 5.10 Å². The van der Waals surface area contributed by atoms with Gasteiger partial charge in [0.15, 0.2) is 0 Å². The highest BCUT2D eigenvalue weighted by atomic mass is 32.2. The molecule has 2 fully saturated rings. The quantitative estimate of drug-likeness (QED) is 0.657. The summed E-state index contributed by atoms with van der Waals surface area (Å²) in [6.45, 7) is 1.91. The van der Waals surface area contributed by atoms with Crippen molar-refractivity contribution >= 4 is 27.7 Å². The number of thioether (sulfide) groups is 1. The molecule has 1 aromatic rings. The molecule has 0 radical (unpaired) electrons. The molecule has 3 rings (SSSR count). The van der Waals surface area contributed by atoms with E-state index in [0.717, 1.165) is 37.2 Å². The third-order valence-electron chi connectivity index (χ3n) is 5.38. The van der Waals surface area contributed by atoms with Crippen LogP contribution >= 0.6 is 11.8 Å². The van der Waals surface area contributed by atoms with E-state index in [2.05, 4.69) is 20.8 Å². The van der Waals surface area contributed by atoms with Gasteiger partial charge in [-0.1, -0.05) is 19.3 Å². The van der Waals surface area contributed by atoms with Gasteiger partial charge in [-0.25, -0.2) is 17.4 Å². The Balaban J connectivity index is 1.50. The molecule has 9 nitrogen and oxygen atoms in total. The van der Waals surface area contributed by atoms with Gasteiger partial charge in [0, 0.05) is 37.6 Å². The van der Waals surface area contributed by atoms with E-state index in [-0.39, 0.29) is 23.6 Å². The van der Waals surface area contributed by atoms with Crippen LogP contribution in [0.25, 0.3) is 0 Å². The van der Waals surface area contributed by atoms with Gasteiger partial charge in [-0.05, 0) is 28.7 Å². The van der Waals surface area contributed by atoms with Crippen molar-refractivity contribution in [3.8, 4) is 0 Å². The van der Waals surface area contributed by atoms with Crippen molar-refractivity contribution < 1.29 is 13.2 Å². The van der Waals surface area contributed by atoms with Crippen molar-refractivity contribution in [2.75, 3.05) is 36.9 Å². The van der Waals surface area contributed by atoms with Crippen molar-refractivity contribution in [2.45, 2.75) is 45.1 Å². The predicted octanol–water partition coefficient (Wildman–Crippen LogP) is 0.509. The molecule has 1 N–H and O–H groups in total. The van der Waals surface area contributed by atoms with Crippen molar-refractivity contribution in [1.82, 2.24) is 29.8 Å². The van der Waals surface area contributed by atoms with Gasteiger partial charge in [-0.2, -0.15) is 11.8 Å². The number of hydrogen-bond acceptors (Lipinski definition) is 7. The van der Waals surface area contributed by atoms with Crippen LogP contribution in [0.15, 0.2) is 6.33 Å². The van der Waals surface area contributed by atoms with Gasteiger partial charge >= 0.3 is 0 Å². The number of hydrogen-bond donors (Lipinski definition) is 1. The Hall–Kier alpha value is -1.20. The van der Waals surface area contributed by atoms with Gasteiger partial charge in [-0.3, -0.25) is 4.79 Å². The minimum atomic E-state index is -3.29. The number of nitrogens with zero attached hydrogens (tertiary/aromatic N) is 5. The van der Waals surface area contributed by atoms with Gasteiger partial charge in [0.2, 0.25) is 15.9 Å². The summed E-state index contributed by atoms with van der Waals surface area (Å²) in [6.07, 6.45) is 7.26. The van der Waals surface area contributed by atoms with Crippen molar-refractivity contribution in [3.63, 3.8) is 0 Å². The Morgan fingerprint density at radius 1 is 1.19 bits per heavy atom. The van der Waals surface area contributed by atoms with E-state index in [1.807, 2.05) is 0 Å². The molecule has 0 aromatic carbocycles. The number of aromatic nitrogens is 4. The summed E-state index contributed by atoms with van der Waals surface area (Å²) in [7, 11) is -3.29. The summed E-state index contributed by atoms with van der Waals surface area (Å²) < 4.78 is 28.0. The van der Waals surface area contributed by atoms with Gasteiger partial charge < -0.3 is 5.32 Å². The smallest absolute Gasteiger partial charge is 0.220 e. The number of carbonyl (C=O) groups excluding carboxylic acids is 1. The van der Waals surface area contributed by atoms with Crippen molar-refractivity contribution in [3.05, 3.63) is 6.33 Å². The van der Waals surface area contributed by atoms with Gasteiger partial charge in [0.1, 0.15) is 6.33 Å². The maximum atomic E-state index is 12.5. The van der Waals surface area contributed by atoms with Crippen LogP contribution in [0.2, 0.25) is 0 Å². The lowest BCUT2D eigenvalue weighted by atomic mass is 9.71. The molecule has 27 heavy (non-hydrogen) atoms. The fourth-order valence-corrected chi connectivity index (χ4v) is 6.46. The summed E-state index contributed by atoms with van der Waals surface area (Å²) in [5, 5.41) is 14.1. The highest BCUT2D eigenvalue weighted by molar-refractivity contribution is 7.99. The van der Waals surface area contributed by atoms with Crippen molar-refractivity contribution in [1.29, 1.82) is 0 Å². The molecule has 2 heterocycles. The topological polar surface area (TPSA) is 110 Å². The average molecular weight is 417 g/mol. The van der Waals surface area contributed by atoms with E-state index in [1.165, 1.54) is 10.7 Å². The fourth-order valence-electron chi connectivity index (χ4n) is 3.97. The van der Waals surface area contributed by atoms with Crippen LogP contribution in [0, 0.1) is 5.41 Å². The van der Waals surface area contributed by atoms with Crippen molar-refractivity contribution in [2.24, 2.45) is 5.41 Å². The molecular weight excluding hydrogens is 388 g/mol. The third-order valence-corrected chi connectivity index (χ3v) is 8.20. The lowest BCUT2D eigenvalue weighted by Crippen LogP contribution is -2.42. The maximum Gasteiger partial charge on any atom is 0.220 e. The molecule has 2 aliphatic rings. The molecule has 1 saturated heterocycles. The molecule has 0 atom stereocenters. The molecule has 1 aromatic heterocycles. The Bertz CT molecular complexity index is 698. The van der Waals surface area contributed by atoms with E-state index >= 15 is 0 Å². The molecule has 1 saturated carbocycles. The Morgan fingerprint density at radius 3 is 2.59 bits per heavy atom. The number of carbonyl (C=O) groups is 1. The summed E-state index contributed by atoms with van der Waals surface area (Å²) >= 11 is 1.77. The normalized spacial score (nSPS) is 21.0. The second kappa shape index (κ2) is 9.33. The first-order valence-corrected chi connectivity index (χ1v) is 12.3. The van der Waals surface area contributed by atoms with E-state index in [1.54, 1.807) is 22.8 Å². The van der Waals surface area contributed by atoms with Crippen LogP contribution in [0.1, 0.15) is 38.5 Å². The fraction of sp³-hybridized carbons (Fsp3) is 0.875. The summed E-state index contributed by atoms with van der Waals surface area (Å²) in [5.41, 5.74) is -0.152. The number of tetrazole rings is 1. The molecular formula is C16H28N6O3S2. The SMILES string of the molecule is O=C(CC1(Cn2cnnn2)CCCCC1)NCCS(=O)(=O)N1CCSCC1. The summed E-state index contributed by atoms with van der Waals surface area (Å²) in [4.78, 5) is 12.5. The van der Waals surface area contributed by atoms with E-state index in [0.29, 0.717) is 26.1 Å². The first kappa shape index (κ1) is 20.5. The molecule has 1 aliphatic carbocycles. The molecule has 1 amide bonds. The zero-order chi connectivity index (χ0) is 19.2. The molecule has 0 unspecified atom stereocenters. The summed E-state index contributed by atoms with van der Waals surface area (Å²) in [5.74, 6) is 1.55. The van der Waals surface area contributed by atoms with Crippen LogP contribution in [-0.2, 0) is 21.4 Å². The number of sulfonamides is 1. The number of nitrogens with one attached hydrogen (secondary N) is 1.